The molecule has 0 saturated carbocycles. The van der Waals surface area contributed by atoms with Gasteiger partial charge in [-0.15, -0.1) is 10.2 Å². The lowest BCUT2D eigenvalue weighted by molar-refractivity contribution is -0.120. The van der Waals surface area contributed by atoms with Crippen molar-refractivity contribution in [3.63, 3.8) is 0 Å². The molecule has 25 heavy (non-hydrogen) atoms. The van der Waals surface area contributed by atoms with Crippen molar-refractivity contribution in [2.75, 3.05) is 0 Å². The highest BCUT2D eigenvalue weighted by atomic mass is 35.5. The lowest BCUT2D eigenvalue weighted by Gasteiger charge is -2.11. The molecule has 2 heterocycles. The molecule has 0 fully saturated rings. The van der Waals surface area contributed by atoms with Gasteiger partial charge in [-0.3, -0.25) is 9.20 Å². The van der Waals surface area contributed by atoms with Crippen molar-refractivity contribution in [3.8, 4) is 0 Å². The molecule has 0 bridgehead atoms. The highest BCUT2D eigenvalue weighted by Crippen LogP contribution is 2.27. The van der Waals surface area contributed by atoms with Crippen LogP contribution in [0.3, 0.4) is 0 Å². The summed E-state index contributed by atoms with van der Waals surface area (Å²) in [6, 6.07) is 9.66. The first kappa shape index (κ1) is 18.0. The summed E-state index contributed by atoms with van der Waals surface area (Å²) in [5, 5.41) is 12.2. The second-order valence-electron chi connectivity index (χ2n) is 5.65. The summed E-state index contributed by atoms with van der Waals surface area (Å²) in [4.78, 5) is 12.3. The fourth-order valence-corrected chi connectivity index (χ4v) is 3.59. The van der Waals surface area contributed by atoms with E-state index in [2.05, 4.69) is 15.5 Å². The Morgan fingerprint density at radius 3 is 2.72 bits per heavy atom. The number of fused-ring (bicyclic) bond motifs is 1. The van der Waals surface area contributed by atoms with Crippen LogP contribution in [-0.4, -0.2) is 25.8 Å². The fourth-order valence-electron chi connectivity index (χ4n) is 2.23. The average Bonchev–Trinajstić information content (AvgIpc) is 2.97. The van der Waals surface area contributed by atoms with Crippen molar-refractivity contribution >= 4 is 46.5 Å². The predicted octanol–water partition coefficient (Wildman–Crippen LogP) is 4.14. The van der Waals surface area contributed by atoms with Gasteiger partial charge in [0.15, 0.2) is 10.8 Å². The van der Waals surface area contributed by atoms with Crippen LogP contribution in [0.2, 0.25) is 10.0 Å². The third-order valence-electron chi connectivity index (χ3n) is 3.63. The second kappa shape index (κ2) is 7.64. The molecule has 0 radical (unpaired) electrons. The molecule has 0 aliphatic heterocycles. The number of amides is 1. The standard InChI is InChI=1S/C17H16Cl2N4OS/c1-10-3-5-12(6-4-10)8-20-16(24)11(2)25-17-22-21-15-14(19)7-13(18)9-23(15)17/h3-7,9,11H,8H2,1-2H3,(H,20,24)/t11-/m1/s1. The summed E-state index contributed by atoms with van der Waals surface area (Å²) in [6.45, 7) is 4.34. The molecule has 0 aliphatic rings. The van der Waals surface area contributed by atoms with Crippen molar-refractivity contribution in [1.82, 2.24) is 19.9 Å². The van der Waals surface area contributed by atoms with Gasteiger partial charge in [-0.2, -0.15) is 0 Å². The summed E-state index contributed by atoms with van der Waals surface area (Å²) in [6.07, 6.45) is 1.68. The van der Waals surface area contributed by atoms with Crippen LogP contribution in [-0.2, 0) is 11.3 Å². The number of pyridine rings is 1. The van der Waals surface area contributed by atoms with Gasteiger partial charge in [0.05, 0.1) is 15.3 Å². The van der Waals surface area contributed by atoms with E-state index in [1.54, 1.807) is 16.7 Å². The van der Waals surface area contributed by atoms with E-state index in [1.807, 2.05) is 38.1 Å². The van der Waals surface area contributed by atoms with E-state index in [0.29, 0.717) is 27.4 Å². The number of carbonyl (C=O) groups excluding carboxylic acids is 1. The van der Waals surface area contributed by atoms with Gasteiger partial charge in [0, 0.05) is 12.7 Å². The minimum Gasteiger partial charge on any atom is -0.351 e. The first-order chi connectivity index (χ1) is 11.9. The molecular weight excluding hydrogens is 379 g/mol. The number of aromatic nitrogens is 3. The van der Waals surface area contributed by atoms with E-state index >= 15 is 0 Å². The lowest BCUT2D eigenvalue weighted by atomic mass is 10.1. The van der Waals surface area contributed by atoms with Crippen LogP contribution in [0.25, 0.3) is 5.65 Å². The van der Waals surface area contributed by atoms with Crippen LogP contribution in [0.15, 0.2) is 41.7 Å². The zero-order valence-corrected chi connectivity index (χ0v) is 16.0. The maximum absolute atomic E-state index is 12.3. The van der Waals surface area contributed by atoms with Crippen molar-refractivity contribution in [2.45, 2.75) is 30.8 Å². The molecule has 8 heteroatoms. The number of hydrogen-bond acceptors (Lipinski definition) is 4. The Hall–Kier alpha value is -1.76. The quantitative estimate of drug-likeness (QED) is 0.660. The smallest absolute Gasteiger partial charge is 0.233 e. The minimum atomic E-state index is -0.337. The largest absolute Gasteiger partial charge is 0.351 e. The molecular formula is C17H16Cl2N4OS. The van der Waals surface area contributed by atoms with Crippen LogP contribution in [0.1, 0.15) is 18.1 Å². The van der Waals surface area contributed by atoms with Crippen molar-refractivity contribution in [1.29, 1.82) is 0 Å². The van der Waals surface area contributed by atoms with Crippen LogP contribution in [0.4, 0.5) is 0 Å². The number of benzene rings is 1. The summed E-state index contributed by atoms with van der Waals surface area (Å²) < 4.78 is 1.69. The van der Waals surface area contributed by atoms with Gasteiger partial charge in [-0.05, 0) is 25.5 Å². The van der Waals surface area contributed by atoms with Crippen molar-refractivity contribution in [3.05, 3.63) is 57.7 Å². The molecule has 1 N–H and O–H groups in total. The molecule has 0 unspecified atom stereocenters. The predicted molar refractivity (Wildman–Crippen MR) is 101 cm³/mol. The number of halogens is 2. The SMILES string of the molecule is Cc1ccc(CNC(=O)[C@@H](C)Sc2nnc3c(Cl)cc(Cl)cn23)cc1. The zero-order valence-electron chi connectivity index (χ0n) is 13.7. The van der Waals surface area contributed by atoms with Crippen molar-refractivity contribution in [2.24, 2.45) is 0 Å². The number of hydrogen-bond donors (Lipinski definition) is 1. The number of carbonyl (C=O) groups is 1. The maximum Gasteiger partial charge on any atom is 0.233 e. The van der Waals surface area contributed by atoms with E-state index in [4.69, 9.17) is 23.2 Å². The zero-order chi connectivity index (χ0) is 18.0. The highest BCUT2D eigenvalue weighted by Gasteiger charge is 2.18. The number of rotatable bonds is 5. The van der Waals surface area contributed by atoms with Crippen LogP contribution in [0.5, 0.6) is 0 Å². The molecule has 130 valence electrons. The number of nitrogens with zero attached hydrogens (tertiary/aromatic N) is 3. The third kappa shape index (κ3) is 4.26. The fraction of sp³-hybridized carbons (Fsp3) is 0.235. The molecule has 3 aromatic rings. The first-order valence-corrected chi connectivity index (χ1v) is 9.27. The van der Waals surface area contributed by atoms with E-state index in [-0.39, 0.29) is 11.2 Å². The second-order valence-corrected chi connectivity index (χ2v) is 7.80. The van der Waals surface area contributed by atoms with E-state index in [9.17, 15) is 4.79 Å². The molecule has 1 atom stereocenters. The van der Waals surface area contributed by atoms with Gasteiger partial charge in [0.2, 0.25) is 5.91 Å². The summed E-state index contributed by atoms with van der Waals surface area (Å²) in [5.41, 5.74) is 2.76. The minimum absolute atomic E-state index is 0.0737. The molecule has 1 amide bonds. The van der Waals surface area contributed by atoms with Gasteiger partial charge in [0.25, 0.3) is 0 Å². The Morgan fingerprint density at radius 1 is 1.28 bits per heavy atom. The number of thioether (sulfide) groups is 1. The van der Waals surface area contributed by atoms with Crippen LogP contribution < -0.4 is 5.32 Å². The lowest BCUT2D eigenvalue weighted by Crippen LogP contribution is -2.30. The molecule has 0 saturated heterocycles. The Labute approximate surface area is 159 Å². The molecule has 0 aliphatic carbocycles. The molecule has 3 rings (SSSR count). The summed E-state index contributed by atoms with van der Waals surface area (Å²) in [7, 11) is 0. The third-order valence-corrected chi connectivity index (χ3v) is 5.18. The molecule has 0 spiro atoms. The van der Waals surface area contributed by atoms with E-state index in [0.717, 1.165) is 5.56 Å². The highest BCUT2D eigenvalue weighted by molar-refractivity contribution is 8.00. The average molecular weight is 395 g/mol. The van der Waals surface area contributed by atoms with Gasteiger partial charge in [-0.1, -0.05) is 64.8 Å². The molecule has 2 aromatic heterocycles. The number of aryl methyl sites for hydroxylation is 1. The monoisotopic (exact) mass is 394 g/mol. The first-order valence-electron chi connectivity index (χ1n) is 7.64. The van der Waals surface area contributed by atoms with E-state index in [1.165, 1.54) is 17.3 Å². The normalized spacial score (nSPS) is 12.3. The van der Waals surface area contributed by atoms with Crippen LogP contribution in [0, 0.1) is 6.92 Å². The van der Waals surface area contributed by atoms with Crippen LogP contribution >= 0.6 is 35.0 Å². The number of nitrogens with one attached hydrogen (secondary N) is 1. The maximum atomic E-state index is 12.3. The summed E-state index contributed by atoms with van der Waals surface area (Å²) >= 11 is 13.4. The Kier molecular flexibility index (Phi) is 5.51. The molecule has 5 nitrogen and oxygen atoms in total. The summed E-state index contributed by atoms with van der Waals surface area (Å²) in [5.74, 6) is -0.0737. The van der Waals surface area contributed by atoms with Gasteiger partial charge >= 0.3 is 0 Å². The topological polar surface area (TPSA) is 59.3 Å². The van der Waals surface area contributed by atoms with Gasteiger partial charge in [0.1, 0.15) is 0 Å². The van der Waals surface area contributed by atoms with Gasteiger partial charge in [-0.25, -0.2) is 0 Å². The Morgan fingerprint density at radius 2 is 2.00 bits per heavy atom. The van der Waals surface area contributed by atoms with Crippen molar-refractivity contribution < 1.29 is 4.79 Å². The molecule has 1 aromatic carbocycles. The van der Waals surface area contributed by atoms with E-state index < -0.39 is 0 Å². The Balaban J connectivity index is 1.66. The Bertz CT molecular complexity index is 911. The van der Waals surface area contributed by atoms with Gasteiger partial charge < -0.3 is 5.32 Å².